The maximum absolute atomic E-state index is 12.9. The van der Waals surface area contributed by atoms with Gasteiger partial charge in [0.2, 0.25) is 5.91 Å². The number of amides is 2. The van der Waals surface area contributed by atoms with Crippen LogP contribution in [0.2, 0.25) is 5.02 Å². The van der Waals surface area contributed by atoms with Crippen LogP contribution in [-0.2, 0) is 4.79 Å². The monoisotopic (exact) mass is 391 g/mol. The Kier molecular flexibility index (Phi) is 5.63. The fourth-order valence-corrected chi connectivity index (χ4v) is 4.12. The van der Waals surface area contributed by atoms with E-state index in [9.17, 15) is 9.59 Å². The van der Waals surface area contributed by atoms with Gasteiger partial charge in [-0.1, -0.05) is 30.7 Å². The number of carbonyl (C=O) groups excluding carboxylic acids is 2. The fourth-order valence-electron chi connectivity index (χ4n) is 3.20. The van der Waals surface area contributed by atoms with Crippen LogP contribution < -0.4 is 5.32 Å². The summed E-state index contributed by atoms with van der Waals surface area (Å²) in [6, 6.07) is 7.42. The van der Waals surface area contributed by atoms with E-state index in [1.54, 1.807) is 10.3 Å². The van der Waals surface area contributed by atoms with E-state index in [4.69, 9.17) is 11.6 Å². The third-order valence-corrected chi connectivity index (χ3v) is 5.70. The van der Waals surface area contributed by atoms with Crippen LogP contribution >= 0.6 is 22.9 Å². The Balaban J connectivity index is 1.73. The summed E-state index contributed by atoms with van der Waals surface area (Å²) in [5.74, 6) is -0.0707. The zero-order chi connectivity index (χ0) is 18.7. The highest BCUT2D eigenvalue weighted by Crippen LogP contribution is 2.27. The highest BCUT2D eigenvalue weighted by Gasteiger charge is 2.35. The van der Waals surface area contributed by atoms with E-state index in [-0.39, 0.29) is 17.4 Å². The lowest BCUT2D eigenvalue weighted by molar-refractivity contribution is -0.123. The minimum absolute atomic E-state index is 0.0143. The van der Waals surface area contributed by atoms with Crippen LogP contribution in [0.1, 0.15) is 43.6 Å². The highest BCUT2D eigenvalue weighted by molar-refractivity contribution is 7.13. The molecule has 138 valence electrons. The zero-order valence-electron chi connectivity index (χ0n) is 14.9. The molecule has 2 heterocycles. The number of carbonyl (C=O) groups is 2. The van der Waals surface area contributed by atoms with Gasteiger partial charge < -0.3 is 10.2 Å². The lowest BCUT2D eigenvalue weighted by Crippen LogP contribution is -2.57. The molecular formula is C19H22ClN3O2S. The molecule has 0 radical (unpaired) electrons. The first-order chi connectivity index (χ1) is 12.4. The second kappa shape index (κ2) is 7.76. The van der Waals surface area contributed by atoms with Crippen molar-refractivity contribution in [3.05, 3.63) is 40.4 Å². The van der Waals surface area contributed by atoms with Crippen LogP contribution in [0.4, 0.5) is 0 Å². The first-order valence-electron chi connectivity index (χ1n) is 8.72. The number of rotatable bonds is 4. The highest BCUT2D eigenvalue weighted by atomic mass is 35.5. The molecule has 1 unspecified atom stereocenters. The van der Waals surface area contributed by atoms with Gasteiger partial charge >= 0.3 is 0 Å². The van der Waals surface area contributed by atoms with Gasteiger partial charge in [0.25, 0.3) is 5.91 Å². The number of hydrogen-bond donors (Lipinski definition) is 1. The molecule has 0 saturated carbocycles. The summed E-state index contributed by atoms with van der Waals surface area (Å²) in [7, 11) is 0. The molecule has 1 saturated heterocycles. The quantitative estimate of drug-likeness (QED) is 0.857. The second-order valence-corrected chi connectivity index (χ2v) is 8.13. The Morgan fingerprint density at radius 2 is 2.08 bits per heavy atom. The van der Waals surface area contributed by atoms with Crippen molar-refractivity contribution in [3.8, 4) is 10.6 Å². The van der Waals surface area contributed by atoms with Gasteiger partial charge in [-0.15, -0.1) is 11.3 Å². The average Bonchev–Trinajstić information content (AvgIpc) is 3.11. The van der Waals surface area contributed by atoms with Crippen molar-refractivity contribution in [2.24, 2.45) is 0 Å². The molecular weight excluding hydrogens is 370 g/mol. The molecule has 2 amide bonds. The Hall–Kier alpha value is -1.92. The summed E-state index contributed by atoms with van der Waals surface area (Å²) in [4.78, 5) is 31.0. The van der Waals surface area contributed by atoms with Crippen LogP contribution in [0.25, 0.3) is 10.6 Å². The molecule has 26 heavy (non-hydrogen) atoms. The van der Waals surface area contributed by atoms with Crippen molar-refractivity contribution in [2.45, 2.75) is 38.6 Å². The third kappa shape index (κ3) is 4.24. The minimum Gasteiger partial charge on any atom is -0.349 e. The van der Waals surface area contributed by atoms with Crippen molar-refractivity contribution in [3.63, 3.8) is 0 Å². The van der Waals surface area contributed by atoms with Gasteiger partial charge in [-0.25, -0.2) is 4.98 Å². The van der Waals surface area contributed by atoms with Gasteiger partial charge in [-0.05, 0) is 31.9 Å². The molecule has 1 aliphatic heterocycles. The van der Waals surface area contributed by atoms with E-state index in [2.05, 4.69) is 10.3 Å². The van der Waals surface area contributed by atoms with E-state index in [0.717, 1.165) is 23.4 Å². The first-order valence-corrected chi connectivity index (χ1v) is 9.98. The number of benzene rings is 1. The summed E-state index contributed by atoms with van der Waals surface area (Å²) >= 11 is 7.37. The summed E-state index contributed by atoms with van der Waals surface area (Å²) < 4.78 is 0. The SMILES string of the molecule is CCC(=O)NC1(C)CCCN(C(=O)c2csc(-c3ccc(Cl)cc3)n2)C1. The Morgan fingerprint density at radius 1 is 1.35 bits per heavy atom. The van der Waals surface area contributed by atoms with Crippen molar-refractivity contribution in [2.75, 3.05) is 13.1 Å². The number of nitrogens with zero attached hydrogens (tertiary/aromatic N) is 2. The van der Waals surface area contributed by atoms with Crippen LogP contribution in [0.5, 0.6) is 0 Å². The molecule has 0 bridgehead atoms. The standard InChI is InChI=1S/C19H22ClN3O2S/c1-3-16(24)22-19(2)9-4-10-23(12-19)18(25)15-11-26-17(21-15)13-5-7-14(20)8-6-13/h5-8,11H,3-4,9-10,12H2,1-2H3,(H,22,24). The van der Waals surface area contributed by atoms with Crippen molar-refractivity contribution < 1.29 is 9.59 Å². The Morgan fingerprint density at radius 3 is 2.77 bits per heavy atom. The summed E-state index contributed by atoms with van der Waals surface area (Å²) in [6.45, 7) is 5.02. The molecule has 1 aliphatic rings. The Labute approximate surface area is 162 Å². The van der Waals surface area contributed by atoms with Gasteiger partial charge in [0.05, 0.1) is 5.54 Å². The first kappa shape index (κ1) is 18.9. The van der Waals surface area contributed by atoms with Crippen LogP contribution in [0.3, 0.4) is 0 Å². The normalized spacial score (nSPS) is 20.0. The number of likely N-dealkylation sites (tertiary alicyclic amines) is 1. The largest absolute Gasteiger partial charge is 0.349 e. The van der Waals surface area contributed by atoms with Crippen molar-refractivity contribution >= 4 is 34.8 Å². The topological polar surface area (TPSA) is 62.3 Å². The van der Waals surface area contributed by atoms with Crippen LogP contribution in [-0.4, -0.2) is 40.3 Å². The number of thiazole rings is 1. The summed E-state index contributed by atoms with van der Waals surface area (Å²) in [5, 5.41) is 6.31. The predicted molar refractivity (Wildman–Crippen MR) is 105 cm³/mol. The number of nitrogens with one attached hydrogen (secondary N) is 1. The lowest BCUT2D eigenvalue weighted by atomic mass is 9.90. The van der Waals surface area contributed by atoms with Crippen LogP contribution in [0, 0.1) is 0 Å². The maximum Gasteiger partial charge on any atom is 0.273 e. The molecule has 3 rings (SSSR count). The summed E-state index contributed by atoms with van der Waals surface area (Å²) in [6.07, 6.45) is 2.18. The molecule has 1 atom stereocenters. The maximum atomic E-state index is 12.9. The Bertz CT molecular complexity index is 805. The van der Waals surface area contributed by atoms with Gasteiger partial charge in [-0.2, -0.15) is 0 Å². The molecule has 0 spiro atoms. The molecule has 1 aromatic carbocycles. The molecule has 1 fully saturated rings. The number of hydrogen-bond acceptors (Lipinski definition) is 4. The van der Waals surface area contributed by atoms with E-state index in [1.165, 1.54) is 11.3 Å². The lowest BCUT2D eigenvalue weighted by Gasteiger charge is -2.40. The molecule has 1 aromatic heterocycles. The molecule has 5 nitrogen and oxygen atoms in total. The second-order valence-electron chi connectivity index (χ2n) is 6.84. The number of halogens is 1. The van der Waals surface area contributed by atoms with Gasteiger partial charge in [-0.3, -0.25) is 9.59 Å². The van der Waals surface area contributed by atoms with Gasteiger partial charge in [0.15, 0.2) is 0 Å². The zero-order valence-corrected chi connectivity index (χ0v) is 16.5. The molecule has 0 aliphatic carbocycles. The fraction of sp³-hybridized carbons (Fsp3) is 0.421. The molecule has 1 N–H and O–H groups in total. The van der Waals surface area contributed by atoms with Crippen molar-refractivity contribution in [1.29, 1.82) is 0 Å². The van der Waals surface area contributed by atoms with E-state index in [1.807, 2.05) is 38.1 Å². The smallest absolute Gasteiger partial charge is 0.273 e. The van der Waals surface area contributed by atoms with Crippen molar-refractivity contribution in [1.82, 2.24) is 15.2 Å². The van der Waals surface area contributed by atoms with Gasteiger partial charge in [0, 0.05) is 35.5 Å². The van der Waals surface area contributed by atoms with E-state index in [0.29, 0.717) is 30.2 Å². The predicted octanol–water partition coefficient (Wildman–Crippen LogP) is 3.98. The van der Waals surface area contributed by atoms with E-state index >= 15 is 0 Å². The van der Waals surface area contributed by atoms with Gasteiger partial charge in [0.1, 0.15) is 10.7 Å². The third-order valence-electron chi connectivity index (χ3n) is 4.56. The van der Waals surface area contributed by atoms with E-state index < -0.39 is 0 Å². The molecule has 7 heteroatoms. The average molecular weight is 392 g/mol. The summed E-state index contributed by atoms with van der Waals surface area (Å²) in [5.41, 5.74) is 1.01. The minimum atomic E-state index is -0.379. The number of aromatic nitrogens is 1. The van der Waals surface area contributed by atoms with Crippen LogP contribution in [0.15, 0.2) is 29.6 Å². The number of piperidine rings is 1. The molecule has 2 aromatic rings.